The number of hydrogen-bond donors (Lipinski definition) is 1. The Balaban J connectivity index is 2.18. The summed E-state index contributed by atoms with van der Waals surface area (Å²) >= 11 is 0. The van der Waals surface area contributed by atoms with Gasteiger partial charge in [-0.05, 0) is 37.1 Å². The van der Waals surface area contributed by atoms with Crippen LogP contribution in [0.2, 0.25) is 0 Å². The highest BCUT2D eigenvalue weighted by atomic mass is 16.1. The Kier molecular flexibility index (Phi) is 4.28. The smallest absolute Gasteiger partial charge is 0.267 e. The lowest BCUT2D eigenvalue weighted by molar-refractivity contribution is 0.628. The molecule has 0 aliphatic heterocycles. The third-order valence-corrected chi connectivity index (χ3v) is 2.71. The molecule has 0 radical (unpaired) electrons. The van der Waals surface area contributed by atoms with E-state index in [1.54, 1.807) is 18.3 Å². The zero-order chi connectivity index (χ0) is 13.7. The maximum Gasteiger partial charge on any atom is 0.267 e. The molecule has 1 N–H and O–H groups in total. The van der Waals surface area contributed by atoms with Gasteiger partial charge in [0, 0.05) is 18.8 Å². The van der Waals surface area contributed by atoms with Crippen molar-refractivity contribution < 1.29 is 0 Å². The first kappa shape index (κ1) is 13.3. The highest BCUT2D eigenvalue weighted by molar-refractivity contribution is 5.37. The molecule has 0 unspecified atom stereocenters. The largest absolute Gasteiger partial charge is 0.370 e. The van der Waals surface area contributed by atoms with Crippen LogP contribution in [0.5, 0.6) is 0 Å². The van der Waals surface area contributed by atoms with Gasteiger partial charge in [0.05, 0.1) is 12.2 Å². The molecule has 19 heavy (non-hydrogen) atoms. The Morgan fingerprint density at radius 3 is 2.95 bits per heavy atom. The molecule has 0 spiro atoms. The zero-order valence-electron chi connectivity index (χ0n) is 11.3. The molecule has 0 fully saturated rings. The van der Waals surface area contributed by atoms with Crippen molar-refractivity contribution in [2.24, 2.45) is 0 Å². The van der Waals surface area contributed by atoms with Gasteiger partial charge in [-0.1, -0.05) is 6.92 Å². The van der Waals surface area contributed by atoms with Gasteiger partial charge in [-0.2, -0.15) is 5.10 Å². The van der Waals surface area contributed by atoms with E-state index < -0.39 is 0 Å². The maximum absolute atomic E-state index is 11.7. The first-order valence-electron chi connectivity index (χ1n) is 6.42. The topological polar surface area (TPSA) is 59.8 Å². The minimum atomic E-state index is -0.0921. The van der Waals surface area contributed by atoms with E-state index in [9.17, 15) is 4.79 Å². The van der Waals surface area contributed by atoms with Gasteiger partial charge < -0.3 is 5.32 Å². The predicted molar refractivity (Wildman–Crippen MR) is 75.4 cm³/mol. The quantitative estimate of drug-likeness (QED) is 0.888. The molecular formula is C14H18N4O. The normalized spacial score (nSPS) is 10.4. The molecule has 0 amide bonds. The second-order valence-electron chi connectivity index (χ2n) is 4.45. The van der Waals surface area contributed by atoms with Crippen LogP contribution in [0.3, 0.4) is 0 Å². The lowest BCUT2D eigenvalue weighted by Crippen LogP contribution is -2.23. The second kappa shape index (κ2) is 6.13. The molecule has 2 rings (SSSR count). The molecule has 0 saturated carbocycles. The van der Waals surface area contributed by atoms with Gasteiger partial charge in [0.1, 0.15) is 5.82 Å². The van der Waals surface area contributed by atoms with Crippen LogP contribution in [0.25, 0.3) is 0 Å². The highest BCUT2D eigenvalue weighted by Gasteiger charge is 2.01. The molecular weight excluding hydrogens is 240 g/mol. The minimum absolute atomic E-state index is 0.0921. The Hall–Kier alpha value is -2.17. The van der Waals surface area contributed by atoms with Crippen LogP contribution in [-0.4, -0.2) is 21.3 Å². The van der Waals surface area contributed by atoms with Crippen LogP contribution in [0.4, 0.5) is 5.82 Å². The number of anilines is 1. The third kappa shape index (κ3) is 3.64. The summed E-state index contributed by atoms with van der Waals surface area (Å²) in [5, 5.41) is 7.45. The van der Waals surface area contributed by atoms with Gasteiger partial charge in [-0.25, -0.2) is 9.67 Å². The van der Waals surface area contributed by atoms with E-state index >= 15 is 0 Å². The fraction of sp³-hybridized carbons (Fsp3) is 0.357. The standard InChI is InChI=1S/C14H18N4O/c1-3-7-15-13-9-12(6-8-16-13)10-18-14(19)5-4-11(2)17-18/h4-6,8-9H,3,7,10H2,1-2H3,(H,15,16). The van der Waals surface area contributed by atoms with Gasteiger partial charge in [0.15, 0.2) is 0 Å². The Morgan fingerprint density at radius 2 is 2.16 bits per heavy atom. The lowest BCUT2D eigenvalue weighted by Gasteiger charge is -2.08. The van der Waals surface area contributed by atoms with Crippen molar-refractivity contribution in [2.75, 3.05) is 11.9 Å². The second-order valence-corrected chi connectivity index (χ2v) is 4.45. The fourth-order valence-corrected chi connectivity index (χ4v) is 1.76. The van der Waals surface area contributed by atoms with Crippen molar-refractivity contribution in [1.82, 2.24) is 14.8 Å². The third-order valence-electron chi connectivity index (χ3n) is 2.71. The van der Waals surface area contributed by atoms with Crippen molar-refractivity contribution in [3.63, 3.8) is 0 Å². The molecule has 5 nitrogen and oxygen atoms in total. The molecule has 0 saturated heterocycles. The van der Waals surface area contributed by atoms with Crippen molar-refractivity contribution in [3.05, 3.63) is 52.1 Å². The number of aromatic nitrogens is 3. The van der Waals surface area contributed by atoms with Crippen LogP contribution < -0.4 is 10.9 Å². The van der Waals surface area contributed by atoms with E-state index in [2.05, 4.69) is 22.3 Å². The van der Waals surface area contributed by atoms with Gasteiger partial charge in [0.25, 0.3) is 5.56 Å². The molecule has 100 valence electrons. The molecule has 0 atom stereocenters. The number of nitrogens with zero attached hydrogens (tertiary/aromatic N) is 3. The first-order chi connectivity index (χ1) is 9.19. The molecule has 0 aliphatic carbocycles. The summed E-state index contributed by atoms with van der Waals surface area (Å²) < 4.78 is 1.47. The predicted octanol–water partition coefficient (Wildman–Crippen LogP) is 1.82. The number of hydrogen-bond acceptors (Lipinski definition) is 4. The zero-order valence-corrected chi connectivity index (χ0v) is 11.3. The summed E-state index contributed by atoms with van der Waals surface area (Å²) in [5.41, 5.74) is 1.75. The summed E-state index contributed by atoms with van der Waals surface area (Å²) in [7, 11) is 0. The van der Waals surface area contributed by atoms with E-state index in [0.717, 1.165) is 30.0 Å². The average molecular weight is 258 g/mol. The van der Waals surface area contributed by atoms with Crippen LogP contribution >= 0.6 is 0 Å². The summed E-state index contributed by atoms with van der Waals surface area (Å²) in [5.74, 6) is 0.833. The Morgan fingerprint density at radius 1 is 1.32 bits per heavy atom. The Bertz CT molecular complexity index is 606. The Labute approximate surface area is 112 Å². The van der Waals surface area contributed by atoms with Gasteiger partial charge in [-0.15, -0.1) is 0 Å². The van der Waals surface area contributed by atoms with Crippen LogP contribution in [0.15, 0.2) is 35.3 Å². The van der Waals surface area contributed by atoms with Crippen molar-refractivity contribution >= 4 is 5.82 Å². The SMILES string of the molecule is CCCNc1cc(Cn2nc(C)ccc2=O)ccn1. The van der Waals surface area contributed by atoms with Gasteiger partial charge >= 0.3 is 0 Å². The van der Waals surface area contributed by atoms with E-state index in [0.29, 0.717) is 6.54 Å². The number of pyridine rings is 1. The fourth-order valence-electron chi connectivity index (χ4n) is 1.76. The van der Waals surface area contributed by atoms with Crippen LogP contribution in [-0.2, 0) is 6.54 Å². The van der Waals surface area contributed by atoms with Crippen LogP contribution in [0, 0.1) is 6.92 Å². The van der Waals surface area contributed by atoms with Crippen LogP contribution in [0.1, 0.15) is 24.6 Å². The summed E-state index contributed by atoms with van der Waals surface area (Å²) in [6.07, 6.45) is 2.79. The maximum atomic E-state index is 11.7. The van der Waals surface area contributed by atoms with Crippen molar-refractivity contribution in [1.29, 1.82) is 0 Å². The van der Waals surface area contributed by atoms with E-state index in [-0.39, 0.29) is 5.56 Å². The van der Waals surface area contributed by atoms with E-state index in [4.69, 9.17) is 0 Å². The minimum Gasteiger partial charge on any atom is -0.370 e. The molecule has 0 aromatic carbocycles. The van der Waals surface area contributed by atoms with Crippen molar-refractivity contribution in [3.8, 4) is 0 Å². The molecule has 0 aliphatic rings. The summed E-state index contributed by atoms with van der Waals surface area (Å²) in [6, 6.07) is 7.11. The number of nitrogens with one attached hydrogen (secondary N) is 1. The van der Waals surface area contributed by atoms with E-state index in [1.165, 1.54) is 4.68 Å². The monoisotopic (exact) mass is 258 g/mol. The number of rotatable bonds is 5. The van der Waals surface area contributed by atoms with Gasteiger partial charge in [0.2, 0.25) is 0 Å². The number of aryl methyl sites for hydroxylation is 1. The lowest BCUT2D eigenvalue weighted by atomic mass is 10.2. The van der Waals surface area contributed by atoms with Gasteiger partial charge in [-0.3, -0.25) is 4.79 Å². The molecule has 0 bridgehead atoms. The summed E-state index contributed by atoms with van der Waals surface area (Å²) in [4.78, 5) is 15.9. The molecule has 2 heterocycles. The molecule has 2 aromatic heterocycles. The molecule has 2 aromatic rings. The average Bonchev–Trinajstić information content (AvgIpc) is 2.41. The first-order valence-corrected chi connectivity index (χ1v) is 6.42. The van der Waals surface area contributed by atoms with Crippen molar-refractivity contribution in [2.45, 2.75) is 26.8 Å². The molecule has 5 heteroatoms. The summed E-state index contributed by atoms with van der Waals surface area (Å²) in [6.45, 7) is 5.33. The van der Waals surface area contributed by atoms with E-state index in [1.807, 2.05) is 19.1 Å². The highest BCUT2D eigenvalue weighted by Crippen LogP contribution is 2.07.